The van der Waals surface area contributed by atoms with Gasteiger partial charge in [-0.3, -0.25) is 9.89 Å². The molecular formula is C22H30N2O2. The van der Waals surface area contributed by atoms with Crippen LogP contribution in [0.2, 0.25) is 0 Å². The first-order chi connectivity index (χ1) is 12.4. The number of hydrogen-bond donors (Lipinski definition) is 1. The van der Waals surface area contributed by atoms with Crippen LogP contribution in [0.25, 0.3) is 0 Å². The number of carbonyl (C=O) groups is 1. The number of esters is 1. The van der Waals surface area contributed by atoms with Gasteiger partial charge in [0.05, 0.1) is 6.20 Å². The maximum Gasteiger partial charge on any atom is 0.302 e. The number of nitrogens with zero attached hydrogens (tertiary/aromatic N) is 1. The third kappa shape index (κ3) is 2.13. The third-order valence-corrected chi connectivity index (χ3v) is 8.51. The second-order valence-corrected chi connectivity index (χ2v) is 9.66. The van der Waals surface area contributed by atoms with Crippen molar-refractivity contribution >= 4 is 5.97 Å². The Balaban J connectivity index is 1.44. The van der Waals surface area contributed by atoms with Crippen LogP contribution in [-0.2, 0) is 21.4 Å². The summed E-state index contributed by atoms with van der Waals surface area (Å²) in [5, 5.41) is 7.65. The first-order valence-electron chi connectivity index (χ1n) is 10.3. The molecule has 0 spiro atoms. The SMILES string of the molecule is CC(=O)O[C@H]1CC[C@@]2(C)C(=CC[C@@H]3[C@@H]2CC[C@]2(C)c4[nH]ncc4C[C@@H]32)C1. The lowest BCUT2D eigenvalue weighted by atomic mass is 9.48. The summed E-state index contributed by atoms with van der Waals surface area (Å²) in [7, 11) is 0. The molecule has 4 aliphatic carbocycles. The van der Waals surface area contributed by atoms with Crippen molar-refractivity contribution in [3.63, 3.8) is 0 Å². The predicted molar refractivity (Wildman–Crippen MR) is 99.6 cm³/mol. The first-order valence-corrected chi connectivity index (χ1v) is 10.3. The van der Waals surface area contributed by atoms with E-state index in [2.05, 4.69) is 36.3 Å². The Hall–Kier alpha value is -1.58. The monoisotopic (exact) mass is 354 g/mol. The third-order valence-electron chi connectivity index (χ3n) is 8.51. The fourth-order valence-electron chi connectivity index (χ4n) is 7.17. The van der Waals surface area contributed by atoms with E-state index in [1.54, 1.807) is 5.57 Å². The van der Waals surface area contributed by atoms with Crippen molar-refractivity contribution in [1.29, 1.82) is 0 Å². The lowest BCUT2D eigenvalue weighted by molar-refractivity contribution is -0.148. The minimum Gasteiger partial charge on any atom is -0.462 e. The van der Waals surface area contributed by atoms with E-state index in [0.717, 1.165) is 37.0 Å². The van der Waals surface area contributed by atoms with E-state index >= 15 is 0 Å². The van der Waals surface area contributed by atoms with Crippen LogP contribution in [0.4, 0.5) is 0 Å². The van der Waals surface area contributed by atoms with Gasteiger partial charge in [0.15, 0.2) is 0 Å². The molecule has 140 valence electrons. The zero-order valence-corrected chi connectivity index (χ0v) is 16.2. The topological polar surface area (TPSA) is 55.0 Å². The van der Waals surface area contributed by atoms with Gasteiger partial charge in [-0.2, -0.15) is 5.10 Å². The Morgan fingerprint density at radius 3 is 2.81 bits per heavy atom. The smallest absolute Gasteiger partial charge is 0.302 e. The van der Waals surface area contributed by atoms with E-state index in [4.69, 9.17) is 4.74 Å². The van der Waals surface area contributed by atoms with Crippen molar-refractivity contribution in [2.75, 3.05) is 0 Å². The zero-order valence-electron chi connectivity index (χ0n) is 16.2. The van der Waals surface area contributed by atoms with Crippen LogP contribution in [0.1, 0.15) is 70.6 Å². The summed E-state index contributed by atoms with van der Waals surface area (Å²) in [6.45, 7) is 6.50. The predicted octanol–water partition coefficient (Wildman–Crippen LogP) is 4.32. The molecule has 1 aromatic rings. The number of rotatable bonds is 1. The summed E-state index contributed by atoms with van der Waals surface area (Å²) >= 11 is 0. The molecule has 4 heteroatoms. The van der Waals surface area contributed by atoms with Gasteiger partial charge in [-0.25, -0.2) is 0 Å². The molecule has 4 aliphatic rings. The van der Waals surface area contributed by atoms with Gasteiger partial charge in [0.2, 0.25) is 0 Å². The highest BCUT2D eigenvalue weighted by atomic mass is 16.5. The molecule has 1 N–H and O–H groups in total. The van der Waals surface area contributed by atoms with Crippen molar-refractivity contribution in [3.05, 3.63) is 29.1 Å². The van der Waals surface area contributed by atoms with Crippen molar-refractivity contribution in [2.45, 2.75) is 77.2 Å². The quantitative estimate of drug-likeness (QED) is 0.604. The molecule has 1 aromatic heterocycles. The first kappa shape index (κ1) is 16.6. The van der Waals surface area contributed by atoms with Gasteiger partial charge < -0.3 is 4.74 Å². The van der Waals surface area contributed by atoms with Crippen LogP contribution in [0.5, 0.6) is 0 Å². The fourth-order valence-corrected chi connectivity index (χ4v) is 7.17. The molecular weight excluding hydrogens is 324 g/mol. The molecule has 6 atom stereocenters. The van der Waals surface area contributed by atoms with Crippen LogP contribution in [0.3, 0.4) is 0 Å². The molecule has 26 heavy (non-hydrogen) atoms. The van der Waals surface area contributed by atoms with E-state index in [1.165, 1.54) is 43.9 Å². The van der Waals surface area contributed by atoms with Crippen molar-refractivity contribution in [1.82, 2.24) is 10.2 Å². The average Bonchev–Trinajstić information content (AvgIpc) is 3.16. The molecule has 4 nitrogen and oxygen atoms in total. The summed E-state index contributed by atoms with van der Waals surface area (Å²) in [5.41, 5.74) is 5.02. The number of H-pyrrole nitrogens is 1. The van der Waals surface area contributed by atoms with Gasteiger partial charge in [-0.15, -0.1) is 0 Å². The van der Waals surface area contributed by atoms with E-state index in [0.29, 0.717) is 5.41 Å². The lowest BCUT2D eigenvalue weighted by Gasteiger charge is -2.57. The maximum absolute atomic E-state index is 11.4. The van der Waals surface area contributed by atoms with Crippen LogP contribution in [0, 0.1) is 23.2 Å². The second kappa shape index (κ2) is 5.46. The normalized spacial score (nSPS) is 43.6. The minimum absolute atomic E-state index is 0.0922. The molecule has 2 fully saturated rings. The molecule has 0 aliphatic heterocycles. The molecule has 1 heterocycles. The standard InChI is InChI=1S/C22H30N2O2/c1-13(25)26-16-6-8-21(2)15(11-16)4-5-17-18(21)7-9-22(3)19(17)10-14-12-23-24-20(14)22/h4,12,16-19H,5-11H2,1-3H3,(H,23,24)/t16-,17+,18-,19-,21-,22-/m0/s1. The Bertz CT molecular complexity index is 781. The number of aromatic nitrogens is 2. The van der Waals surface area contributed by atoms with Crippen LogP contribution in [-0.4, -0.2) is 22.3 Å². The Morgan fingerprint density at radius 2 is 2.00 bits per heavy atom. The average molecular weight is 354 g/mol. The van der Waals surface area contributed by atoms with Crippen molar-refractivity contribution in [2.24, 2.45) is 23.2 Å². The number of nitrogens with one attached hydrogen (secondary N) is 1. The van der Waals surface area contributed by atoms with Gasteiger partial charge >= 0.3 is 5.97 Å². The number of carbonyl (C=O) groups excluding carboxylic acids is 1. The number of ether oxygens (including phenoxy) is 1. The highest BCUT2D eigenvalue weighted by Crippen LogP contribution is 2.63. The molecule has 5 rings (SSSR count). The molecule has 0 bridgehead atoms. The summed E-state index contributed by atoms with van der Waals surface area (Å²) in [5.74, 6) is 2.15. The molecule has 0 aromatic carbocycles. The minimum atomic E-state index is -0.137. The number of aromatic amines is 1. The summed E-state index contributed by atoms with van der Waals surface area (Å²) in [6, 6.07) is 0. The number of allylic oxidation sites excluding steroid dienone is 1. The summed E-state index contributed by atoms with van der Waals surface area (Å²) in [6.07, 6.45) is 12.8. The van der Waals surface area contributed by atoms with Gasteiger partial charge in [0.1, 0.15) is 6.10 Å². The molecule has 2 saturated carbocycles. The van der Waals surface area contributed by atoms with Crippen molar-refractivity contribution in [3.8, 4) is 0 Å². The lowest BCUT2D eigenvalue weighted by Crippen LogP contribution is -2.51. The number of fused-ring (bicyclic) bond motifs is 7. The van der Waals surface area contributed by atoms with E-state index in [-0.39, 0.29) is 17.5 Å². The molecule has 0 radical (unpaired) electrons. The van der Waals surface area contributed by atoms with E-state index in [1.807, 2.05) is 0 Å². The van der Waals surface area contributed by atoms with Gasteiger partial charge in [0.25, 0.3) is 0 Å². The zero-order chi connectivity index (χ0) is 18.1. The largest absolute Gasteiger partial charge is 0.462 e. The Morgan fingerprint density at radius 1 is 1.19 bits per heavy atom. The Labute approximate surface area is 155 Å². The molecule has 0 amide bonds. The van der Waals surface area contributed by atoms with E-state index in [9.17, 15) is 4.79 Å². The Kier molecular flexibility index (Phi) is 3.48. The van der Waals surface area contributed by atoms with Crippen LogP contribution in [0.15, 0.2) is 17.8 Å². The van der Waals surface area contributed by atoms with E-state index < -0.39 is 0 Å². The van der Waals surface area contributed by atoms with Crippen molar-refractivity contribution < 1.29 is 9.53 Å². The highest BCUT2D eigenvalue weighted by Gasteiger charge is 2.58. The fraction of sp³-hybridized carbons (Fsp3) is 0.727. The highest BCUT2D eigenvalue weighted by molar-refractivity contribution is 5.66. The van der Waals surface area contributed by atoms with Gasteiger partial charge in [0, 0.05) is 24.5 Å². The van der Waals surface area contributed by atoms with Crippen LogP contribution >= 0.6 is 0 Å². The maximum atomic E-state index is 11.4. The second-order valence-electron chi connectivity index (χ2n) is 9.66. The summed E-state index contributed by atoms with van der Waals surface area (Å²) in [4.78, 5) is 11.4. The number of hydrogen-bond acceptors (Lipinski definition) is 3. The molecule has 0 saturated heterocycles. The van der Waals surface area contributed by atoms with Gasteiger partial charge in [-0.1, -0.05) is 25.5 Å². The van der Waals surface area contributed by atoms with Gasteiger partial charge in [-0.05, 0) is 67.3 Å². The molecule has 0 unspecified atom stereocenters. The van der Waals surface area contributed by atoms with Crippen LogP contribution < -0.4 is 0 Å². The summed E-state index contributed by atoms with van der Waals surface area (Å²) < 4.78 is 5.55.